The number of aromatic nitrogens is 6. The van der Waals surface area contributed by atoms with E-state index in [1.54, 1.807) is 32.8 Å². The summed E-state index contributed by atoms with van der Waals surface area (Å²) in [5.41, 5.74) is 7.46. The van der Waals surface area contributed by atoms with E-state index in [2.05, 4.69) is 41.6 Å². The minimum Gasteiger partial charge on any atom is -0.486 e. The van der Waals surface area contributed by atoms with Gasteiger partial charge in [-0.1, -0.05) is 35.1 Å². The Hall–Kier alpha value is -3.52. The number of nitrogens with two attached hydrogens (primary N) is 1. The van der Waals surface area contributed by atoms with Gasteiger partial charge in [0.05, 0.1) is 73.4 Å². The van der Waals surface area contributed by atoms with Crippen LogP contribution in [0.1, 0.15) is 44.0 Å². The van der Waals surface area contributed by atoms with E-state index in [4.69, 9.17) is 60.5 Å². The van der Waals surface area contributed by atoms with E-state index < -0.39 is 0 Å². The number of methoxy groups -OCH3 is 2. The zero-order valence-electron chi connectivity index (χ0n) is 38.5. The molecule has 1 spiro atoms. The summed E-state index contributed by atoms with van der Waals surface area (Å²) in [6.45, 7) is 8.90. The van der Waals surface area contributed by atoms with Gasteiger partial charge in [-0.15, -0.1) is 0 Å². The lowest BCUT2D eigenvalue weighted by Crippen LogP contribution is -2.51. The SMILES string of the molecule is COCOCC1C[C@H]2COc3c(Sc4cnc(Cl)c(CO)n4)ccnc3N2C1.COCOC[C@@H]1C[C@H]2COc3c(Sc4cnc(N5CCC6(CC5)CO[C@@H](C)[C@H]6N)c(CO)n4)ccnc3N2C1.S. The fourth-order valence-corrected chi connectivity index (χ4v) is 11.8. The first kappa shape index (κ1) is 50.9. The van der Waals surface area contributed by atoms with Crippen LogP contribution in [0.3, 0.4) is 0 Å². The lowest BCUT2D eigenvalue weighted by molar-refractivity contribution is -0.0415. The van der Waals surface area contributed by atoms with Gasteiger partial charge in [0, 0.05) is 76.1 Å². The van der Waals surface area contributed by atoms with Crippen LogP contribution in [0, 0.1) is 17.3 Å². The molecule has 370 valence electrons. The highest BCUT2D eigenvalue weighted by molar-refractivity contribution is 7.99. The molecule has 4 saturated heterocycles. The van der Waals surface area contributed by atoms with Crippen molar-refractivity contribution in [1.82, 2.24) is 29.9 Å². The van der Waals surface area contributed by atoms with Crippen molar-refractivity contribution in [2.24, 2.45) is 23.0 Å². The minimum atomic E-state index is -0.257. The van der Waals surface area contributed by atoms with Crippen LogP contribution in [-0.4, -0.2) is 151 Å². The minimum absolute atomic E-state index is 0. The molecule has 68 heavy (non-hydrogen) atoms. The summed E-state index contributed by atoms with van der Waals surface area (Å²) in [4.78, 5) is 35.9. The fourth-order valence-electron chi connectivity index (χ4n) is 9.97. The van der Waals surface area contributed by atoms with Crippen LogP contribution < -0.4 is 29.9 Å². The maximum atomic E-state index is 10.2. The maximum Gasteiger partial charge on any atom is 0.175 e. The van der Waals surface area contributed by atoms with Crippen molar-refractivity contribution < 1.29 is 43.4 Å². The highest BCUT2D eigenvalue weighted by Crippen LogP contribution is 2.47. The molecule has 6 aliphatic heterocycles. The summed E-state index contributed by atoms with van der Waals surface area (Å²) < 4.78 is 39.3. The van der Waals surface area contributed by atoms with Crippen molar-refractivity contribution in [3.05, 3.63) is 53.5 Å². The number of fused-ring (bicyclic) bond motifs is 6. The summed E-state index contributed by atoms with van der Waals surface area (Å²) >= 11 is 8.83. The number of hydrogen-bond acceptors (Lipinski definition) is 21. The summed E-state index contributed by atoms with van der Waals surface area (Å²) in [5, 5.41) is 21.1. The number of anilines is 3. The smallest absolute Gasteiger partial charge is 0.175 e. The predicted octanol–water partition coefficient (Wildman–Crippen LogP) is 4.54. The monoisotopic (exact) mass is 1020 g/mol. The van der Waals surface area contributed by atoms with Crippen LogP contribution >= 0.6 is 48.6 Å². The first-order valence-corrected chi connectivity index (χ1v) is 24.7. The van der Waals surface area contributed by atoms with E-state index in [1.807, 2.05) is 18.3 Å². The highest BCUT2D eigenvalue weighted by Gasteiger charge is 2.48. The van der Waals surface area contributed by atoms with Gasteiger partial charge in [-0.2, -0.15) is 13.5 Å². The Morgan fingerprint density at radius 3 is 1.81 bits per heavy atom. The van der Waals surface area contributed by atoms with Crippen molar-refractivity contribution in [2.75, 3.05) is 102 Å². The van der Waals surface area contributed by atoms with Crippen molar-refractivity contribution >= 4 is 66.1 Å². The number of pyridine rings is 2. The number of aliphatic hydroxyl groups excluding tert-OH is 2. The lowest BCUT2D eigenvalue weighted by atomic mass is 9.73. The van der Waals surface area contributed by atoms with Gasteiger partial charge in [0.1, 0.15) is 48.2 Å². The van der Waals surface area contributed by atoms with E-state index in [1.165, 1.54) is 23.5 Å². The molecule has 4 aromatic heterocycles. The third-order valence-electron chi connectivity index (χ3n) is 13.4. The van der Waals surface area contributed by atoms with Crippen molar-refractivity contribution in [3.8, 4) is 11.5 Å². The average molecular weight is 1020 g/mol. The molecular weight excluding hydrogens is 956 g/mol. The average Bonchev–Trinajstić information content (AvgIpc) is 4.05. The number of rotatable bonds is 15. The molecule has 6 aliphatic rings. The van der Waals surface area contributed by atoms with E-state index in [0.717, 1.165) is 97.2 Å². The molecule has 0 bridgehead atoms. The number of hydrogen-bond donors (Lipinski definition) is 3. The Labute approximate surface area is 416 Å². The van der Waals surface area contributed by atoms with Gasteiger partial charge >= 0.3 is 0 Å². The number of ether oxygens (including phenoxy) is 7. The third-order valence-corrected chi connectivity index (χ3v) is 15.6. The molecule has 23 heteroatoms. The van der Waals surface area contributed by atoms with Crippen LogP contribution in [0.15, 0.2) is 56.8 Å². The highest BCUT2D eigenvalue weighted by atomic mass is 35.5. The Bertz CT molecular complexity index is 2330. The van der Waals surface area contributed by atoms with Gasteiger partial charge < -0.3 is 63.8 Å². The zero-order valence-corrected chi connectivity index (χ0v) is 41.9. The number of nitrogens with zero attached hydrogens (tertiary/aromatic N) is 9. The maximum absolute atomic E-state index is 10.2. The van der Waals surface area contributed by atoms with Crippen molar-refractivity contribution in [1.29, 1.82) is 0 Å². The molecule has 0 aliphatic carbocycles. The zero-order chi connectivity index (χ0) is 46.5. The Morgan fingerprint density at radius 2 is 1.31 bits per heavy atom. The second kappa shape index (κ2) is 23.1. The van der Waals surface area contributed by atoms with Gasteiger partial charge in [0.15, 0.2) is 34.1 Å². The van der Waals surface area contributed by atoms with Gasteiger partial charge in [0.2, 0.25) is 0 Å². The molecule has 10 heterocycles. The molecule has 0 saturated carbocycles. The molecule has 0 amide bonds. The van der Waals surface area contributed by atoms with E-state index in [9.17, 15) is 10.2 Å². The van der Waals surface area contributed by atoms with Crippen LogP contribution in [-0.2, 0) is 36.9 Å². The molecule has 19 nitrogen and oxygen atoms in total. The van der Waals surface area contributed by atoms with E-state index >= 15 is 0 Å². The molecule has 6 atom stereocenters. The number of halogens is 1. The van der Waals surface area contributed by atoms with Crippen molar-refractivity contribution in [2.45, 2.75) is 89.9 Å². The first-order chi connectivity index (χ1) is 32.7. The molecule has 4 fully saturated rings. The van der Waals surface area contributed by atoms with Crippen LogP contribution in [0.2, 0.25) is 5.15 Å². The lowest BCUT2D eigenvalue weighted by Gasteiger charge is -2.41. The van der Waals surface area contributed by atoms with Gasteiger partial charge in [-0.3, -0.25) is 0 Å². The summed E-state index contributed by atoms with van der Waals surface area (Å²) in [6.07, 6.45) is 11.0. The van der Waals surface area contributed by atoms with Crippen LogP contribution in [0.25, 0.3) is 0 Å². The molecule has 10 rings (SSSR count). The van der Waals surface area contributed by atoms with E-state index in [0.29, 0.717) is 85.4 Å². The van der Waals surface area contributed by atoms with Crippen molar-refractivity contribution in [3.63, 3.8) is 0 Å². The van der Waals surface area contributed by atoms with Gasteiger partial charge in [-0.25, -0.2) is 29.9 Å². The summed E-state index contributed by atoms with van der Waals surface area (Å²) in [5.74, 6) is 4.81. The Kier molecular flexibility index (Phi) is 17.3. The molecular formula is C45H61ClN10O9S3. The quantitative estimate of drug-likeness (QED) is 0.110. The Morgan fingerprint density at radius 1 is 0.779 bits per heavy atom. The van der Waals surface area contributed by atoms with Crippen LogP contribution in [0.4, 0.5) is 17.5 Å². The van der Waals surface area contributed by atoms with E-state index in [-0.39, 0.29) is 49.4 Å². The summed E-state index contributed by atoms with van der Waals surface area (Å²) in [7, 11) is 3.26. The molecule has 0 aromatic carbocycles. The molecule has 4 N–H and O–H groups in total. The normalized spacial score (nSPS) is 24.2. The fraction of sp³-hybridized carbons (Fsp3) is 0.600. The van der Waals surface area contributed by atoms with Gasteiger partial charge in [-0.05, 0) is 44.7 Å². The summed E-state index contributed by atoms with van der Waals surface area (Å²) in [6, 6.07) is 4.49. The molecule has 0 radical (unpaired) electrons. The molecule has 1 unspecified atom stereocenters. The molecule has 4 aromatic rings. The number of piperidine rings is 1. The predicted molar refractivity (Wildman–Crippen MR) is 260 cm³/mol. The largest absolute Gasteiger partial charge is 0.486 e. The van der Waals surface area contributed by atoms with Gasteiger partial charge in [0.25, 0.3) is 0 Å². The standard InChI is InChI=1S/C27H38N6O5S.C18H21ClN4O4S.H2S/c1-17-24(28)27(15-38-17)4-7-32(8-5-27)25-20(12-34)31-22(10-30-25)39-21-3-6-29-26-23(21)37-14-19-9-18(11-33(19)26)13-36-16-35-2;1-25-10-26-8-11-4-12-9-27-16-14(2-3-20-18(16)23(12)6-11)28-15-5-21-17(19)13(7-24)22-15;/h3,6,10,17-19,24,34H,4-5,7-9,11-16,28H2,1-2H3;2-3,5,11-12,24H,4,6-10H2,1H3;1H2/t17-,18+,19-,24+;11?,12-;/m00./s1. The second-order valence-corrected chi connectivity index (χ2v) is 20.2. The number of aliphatic hydroxyl groups is 2. The second-order valence-electron chi connectivity index (χ2n) is 17.8. The third kappa shape index (κ3) is 11.0. The first-order valence-electron chi connectivity index (χ1n) is 22.7. The van der Waals surface area contributed by atoms with Crippen LogP contribution in [0.5, 0.6) is 11.5 Å². The Balaban J connectivity index is 0.000000191. The topological polar surface area (TPSA) is 218 Å².